The largest absolute Gasteiger partial charge is 0.353 e. The second kappa shape index (κ2) is 7.94. The summed E-state index contributed by atoms with van der Waals surface area (Å²) in [6.07, 6.45) is 9.96. The predicted molar refractivity (Wildman–Crippen MR) is 79.4 cm³/mol. The number of hydrogen-bond donors (Lipinski definition) is 0. The summed E-state index contributed by atoms with van der Waals surface area (Å²) in [5, 5.41) is 0. The van der Waals surface area contributed by atoms with Gasteiger partial charge in [0.1, 0.15) is 5.78 Å². The van der Waals surface area contributed by atoms with Crippen molar-refractivity contribution in [1.82, 2.24) is 0 Å². The molecule has 0 spiro atoms. The van der Waals surface area contributed by atoms with Crippen LogP contribution in [0.15, 0.2) is 12.2 Å². The average Bonchev–Trinajstić information content (AvgIpc) is 2.45. The summed E-state index contributed by atoms with van der Waals surface area (Å²) in [5.74, 6) is 1.72. The quantitative estimate of drug-likeness (QED) is 0.720. The molecule has 3 atom stereocenters. The van der Waals surface area contributed by atoms with E-state index in [4.69, 9.17) is 9.47 Å². The van der Waals surface area contributed by atoms with Crippen LogP contribution >= 0.6 is 0 Å². The van der Waals surface area contributed by atoms with Crippen molar-refractivity contribution in [3.8, 4) is 0 Å². The number of ether oxygens (including phenoxy) is 2. The van der Waals surface area contributed by atoms with Crippen molar-refractivity contribution in [2.75, 3.05) is 13.2 Å². The molecule has 2 aliphatic rings. The molecule has 20 heavy (non-hydrogen) atoms. The molecule has 3 heteroatoms. The lowest BCUT2D eigenvalue weighted by Crippen LogP contribution is -2.32. The highest BCUT2D eigenvalue weighted by Gasteiger charge is 2.33. The molecule has 1 aliphatic carbocycles. The molecule has 1 heterocycles. The Morgan fingerprint density at radius 1 is 1.25 bits per heavy atom. The van der Waals surface area contributed by atoms with E-state index in [0.29, 0.717) is 17.6 Å². The van der Waals surface area contributed by atoms with Crippen molar-refractivity contribution in [1.29, 1.82) is 0 Å². The zero-order chi connectivity index (χ0) is 14.4. The summed E-state index contributed by atoms with van der Waals surface area (Å²) in [6, 6.07) is 0. The number of carbonyl (C=O) groups excluding carboxylic acids is 1. The number of hydrogen-bond acceptors (Lipinski definition) is 3. The summed E-state index contributed by atoms with van der Waals surface area (Å²) in [4.78, 5) is 12.3. The van der Waals surface area contributed by atoms with Gasteiger partial charge in [0.25, 0.3) is 0 Å². The Morgan fingerprint density at radius 3 is 2.65 bits per heavy atom. The van der Waals surface area contributed by atoms with E-state index in [-0.39, 0.29) is 12.2 Å². The van der Waals surface area contributed by atoms with Gasteiger partial charge in [-0.25, -0.2) is 0 Å². The third-order valence-corrected chi connectivity index (χ3v) is 4.63. The molecule has 1 aliphatic heterocycles. The van der Waals surface area contributed by atoms with Gasteiger partial charge in [0, 0.05) is 12.3 Å². The molecule has 0 unspecified atom stereocenters. The predicted octanol–water partition coefficient (Wildman–Crippen LogP) is 3.73. The minimum atomic E-state index is -0.0325. The first-order valence-corrected chi connectivity index (χ1v) is 8.07. The third-order valence-electron chi connectivity index (χ3n) is 4.63. The molecule has 0 aromatic rings. The van der Waals surface area contributed by atoms with Crippen molar-refractivity contribution in [2.24, 2.45) is 17.8 Å². The molecule has 1 saturated heterocycles. The van der Waals surface area contributed by atoms with E-state index in [9.17, 15) is 4.79 Å². The monoisotopic (exact) mass is 280 g/mol. The average molecular weight is 280 g/mol. The van der Waals surface area contributed by atoms with Gasteiger partial charge in [-0.3, -0.25) is 4.79 Å². The number of rotatable bonds is 5. The maximum atomic E-state index is 12.3. The van der Waals surface area contributed by atoms with Crippen LogP contribution in [0.25, 0.3) is 0 Å². The van der Waals surface area contributed by atoms with Crippen LogP contribution in [0.5, 0.6) is 0 Å². The molecule has 2 fully saturated rings. The molecular weight excluding hydrogens is 252 g/mol. The fourth-order valence-electron chi connectivity index (χ4n) is 3.47. The zero-order valence-electron chi connectivity index (χ0n) is 12.8. The zero-order valence-corrected chi connectivity index (χ0v) is 12.8. The summed E-state index contributed by atoms with van der Waals surface area (Å²) < 4.78 is 11.2. The molecule has 3 nitrogen and oxygen atoms in total. The summed E-state index contributed by atoms with van der Waals surface area (Å²) in [5.41, 5.74) is 0. The standard InChI is InChI=1S/C17H28O3/c1-3-4-6-15-13(2)11-14(12-16(15)18)7-8-17-19-9-5-10-20-17/h3-4,13-15,17H,5-12H2,1-2H3/b4-3+/t13-,14-,15+/m1/s1. The SMILES string of the molecule is C/C=C/C[C@@H]1C(=O)C[C@H](CCC2OCCCO2)C[C@H]1C. The smallest absolute Gasteiger partial charge is 0.157 e. The van der Waals surface area contributed by atoms with Crippen LogP contribution < -0.4 is 0 Å². The molecule has 0 amide bonds. The highest BCUT2D eigenvalue weighted by atomic mass is 16.7. The molecule has 114 valence electrons. The van der Waals surface area contributed by atoms with Crippen molar-refractivity contribution in [3.05, 3.63) is 12.2 Å². The van der Waals surface area contributed by atoms with Crippen LogP contribution in [0.3, 0.4) is 0 Å². The van der Waals surface area contributed by atoms with Gasteiger partial charge in [-0.15, -0.1) is 0 Å². The molecule has 1 saturated carbocycles. The maximum absolute atomic E-state index is 12.3. The molecule has 0 aromatic heterocycles. The van der Waals surface area contributed by atoms with E-state index in [1.807, 2.05) is 13.0 Å². The lowest BCUT2D eigenvalue weighted by atomic mass is 9.71. The fourth-order valence-corrected chi connectivity index (χ4v) is 3.47. The molecule has 0 aromatic carbocycles. The Kier molecular flexibility index (Phi) is 6.24. The summed E-state index contributed by atoms with van der Waals surface area (Å²) in [7, 11) is 0. The third kappa shape index (κ3) is 4.42. The lowest BCUT2D eigenvalue weighted by molar-refractivity contribution is -0.183. The Morgan fingerprint density at radius 2 is 2.00 bits per heavy atom. The van der Waals surface area contributed by atoms with Crippen molar-refractivity contribution in [3.63, 3.8) is 0 Å². The van der Waals surface area contributed by atoms with Crippen LogP contribution in [-0.2, 0) is 14.3 Å². The number of ketones is 1. The second-order valence-electron chi connectivity index (χ2n) is 6.26. The van der Waals surface area contributed by atoms with Crippen molar-refractivity contribution < 1.29 is 14.3 Å². The van der Waals surface area contributed by atoms with E-state index in [0.717, 1.165) is 45.3 Å². The van der Waals surface area contributed by atoms with E-state index in [2.05, 4.69) is 13.0 Å². The fraction of sp³-hybridized carbons (Fsp3) is 0.824. The molecule has 0 bridgehead atoms. The second-order valence-corrected chi connectivity index (χ2v) is 6.26. The van der Waals surface area contributed by atoms with Gasteiger partial charge in [-0.1, -0.05) is 19.1 Å². The Balaban J connectivity index is 1.76. The summed E-state index contributed by atoms with van der Waals surface area (Å²) in [6.45, 7) is 5.88. The first-order chi connectivity index (χ1) is 9.70. The number of allylic oxidation sites excluding steroid dienone is 2. The first kappa shape index (κ1) is 15.7. The normalized spacial score (nSPS) is 32.9. The van der Waals surface area contributed by atoms with Gasteiger partial charge in [0.15, 0.2) is 6.29 Å². The van der Waals surface area contributed by atoms with Crippen LogP contribution in [0, 0.1) is 17.8 Å². The van der Waals surface area contributed by atoms with Crippen LogP contribution in [-0.4, -0.2) is 25.3 Å². The Hall–Kier alpha value is -0.670. The van der Waals surface area contributed by atoms with E-state index < -0.39 is 0 Å². The van der Waals surface area contributed by atoms with Gasteiger partial charge in [0.2, 0.25) is 0 Å². The van der Waals surface area contributed by atoms with Gasteiger partial charge < -0.3 is 9.47 Å². The van der Waals surface area contributed by atoms with Crippen molar-refractivity contribution in [2.45, 2.75) is 58.7 Å². The minimum Gasteiger partial charge on any atom is -0.353 e. The van der Waals surface area contributed by atoms with E-state index in [1.54, 1.807) is 0 Å². The first-order valence-electron chi connectivity index (χ1n) is 8.07. The topological polar surface area (TPSA) is 35.5 Å². The lowest BCUT2D eigenvalue weighted by Gasteiger charge is -2.33. The highest BCUT2D eigenvalue weighted by molar-refractivity contribution is 5.82. The van der Waals surface area contributed by atoms with Gasteiger partial charge in [-0.2, -0.15) is 0 Å². The molecule has 0 radical (unpaired) electrons. The molecule has 0 N–H and O–H groups in total. The van der Waals surface area contributed by atoms with Crippen molar-refractivity contribution >= 4 is 5.78 Å². The van der Waals surface area contributed by atoms with Crippen LogP contribution in [0.2, 0.25) is 0 Å². The number of carbonyl (C=O) groups is 1. The maximum Gasteiger partial charge on any atom is 0.157 e. The minimum absolute atomic E-state index is 0.0325. The number of Topliss-reactive ketones (excluding diaryl/α,β-unsaturated/α-hetero) is 1. The van der Waals surface area contributed by atoms with Gasteiger partial charge in [-0.05, 0) is 50.9 Å². The Bertz CT molecular complexity index is 331. The Labute approximate surface area is 122 Å². The molecule has 2 rings (SSSR count). The summed E-state index contributed by atoms with van der Waals surface area (Å²) >= 11 is 0. The van der Waals surface area contributed by atoms with Gasteiger partial charge in [0.05, 0.1) is 13.2 Å². The van der Waals surface area contributed by atoms with Gasteiger partial charge >= 0.3 is 0 Å². The van der Waals surface area contributed by atoms with E-state index >= 15 is 0 Å². The molecular formula is C17H28O3. The highest BCUT2D eigenvalue weighted by Crippen LogP contribution is 2.36. The van der Waals surface area contributed by atoms with Crippen LogP contribution in [0.4, 0.5) is 0 Å². The van der Waals surface area contributed by atoms with E-state index in [1.165, 1.54) is 6.42 Å². The van der Waals surface area contributed by atoms with Crippen LogP contribution in [0.1, 0.15) is 52.4 Å².